The minimum Gasteiger partial charge on any atom is -0.481 e. The van der Waals surface area contributed by atoms with Crippen LogP contribution >= 0.6 is 11.6 Å². The molecule has 154 valence electrons. The van der Waals surface area contributed by atoms with Crippen molar-refractivity contribution in [1.29, 1.82) is 0 Å². The number of hydrogen-bond acceptors (Lipinski definition) is 5. The van der Waals surface area contributed by atoms with E-state index in [0.29, 0.717) is 36.2 Å². The second-order valence-corrected chi connectivity index (χ2v) is 7.79. The standard InChI is InChI=1S/C22H24ClNO5/c23-16-7-8-20-18(12-16)21(17-5-1-2-6-19(17)28-14-29-20)27-11-10-24-9-3-4-15(13-24)22(25)26/h1-2,5-8,12,15,21H,3-4,9-11,13-14H2,(H,25,26). The topological polar surface area (TPSA) is 68.2 Å². The van der Waals surface area contributed by atoms with Crippen molar-refractivity contribution in [3.63, 3.8) is 0 Å². The van der Waals surface area contributed by atoms with E-state index in [4.69, 9.17) is 25.8 Å². The maximum Gasteiger partial charge on any atom is 0.307 e. The molecule has 2 aromatic carbocycles. The molecule has 2 heterocycles. The highest BCUT2D eigenvalue weighted by molar-refractivity contribution is 6.30. The van der Waals surface area contributed by atoms with Crippen molar-refractivity contribution in [1.82, 2.24) is 4.90 Å². The van der Waals surface area contributed by atoms with Gasteiger partial charge in [-0.3, -0.25) is 4.79 Å². The number of rotatable bonds is 5. The number of ether oxygens (including phenoxy) is 3. The maximum absolute atomic E-state index is 11.3. The van der Waals surface area contributed by atoms with Crippen LogP contribution < -0.4 is 9.47 Å². The van der Waals surface area contributed by atoms with Crippen LogP contribution in [0.2, 0.25) is 5.02 Å². The molecule has 29 heavy (non-hydrogen) atoms. The normalized spacial score (nSPS) is 21.7. The molecule has 0 spiro atoms. The molecule has 4 rings (SSSR count). The Labute approximate surface area is 174 Å². The van der Waals surface area contributed by atoms with Crippen molar-refractivity contribution in [2.24, 2.45) is 5.92 Å². The number of nitrogens with zero attached hydrogens (tertiary/aromatic N) is 1. The largest absolute Gasteiger partial charge is 0.481 e. The SMILES string of the molecule is O=C(O)C1CCCN(CCOC2c3ccccc3OCOc3ccc(Cl)cc32)C1. The minimum atomic E-state index is -0.720. The quantitative estimate of drug-likeness (QED) is 0.793. The Bertz CT molecular complexity index is 874. The first kappa shape index (κ1) is 20.0. The van der Waals surface area contributed by atoms with E-state index in [-0.39, 0.29) is 18.8 Å². The number of fused-ring (bicyclic) bond motifs is 2. The average molecular weight is 418 g/mol. The van der Waals surface area contributed by atoms with Gasteiger partial charge in [-0.2, -0.15) is 0 Å². The zero-order chi connectivity index (χ0) is 20.2. The second-order valence-electron chi connectivity index (χ2n) is 7.36. The third-order valence-electron chi connectivity index (χ3n) is 5.43. The molecule has 0 radical (unpaired) electrons. The third kappa shape index (κ3) is 4.66. The van der Waals surface area contributed by atoms with E-state index in [1.54, 1.807) is 6.07 Å². The highest BCUT2D eigenvalue weighted by Crippen LogP contribution is 2.40. The fourth-order valence-corrected chi connectivity index (χ4v) is 4.13. The van der Waals surface area contributed by atoms with Crippen LogP contribution in [0.3, 0.4) is 0 Å². The molecule has 1 saturated heterocycles. The molecule has 2 aromatic rings. The molecule has 0 bridgehead atoms. The van der Waals surface area contributed by atoms with E-state index in [1.807, 2.05) is 36.4 Å². The van der Waals surface area contributed by atoms with Crippen molar-refractivity contribution in [2.75, 3.05) is 33.0 Å². The molecule has 0 aromatic heterocycles. The Morgan fingerprint density at radius 1 is 1.17 bits per heavy atom. The van der Waals surface area contributed by atoms with Gasteiger partial charge in [0.05, 0.1) is 12.5 Å². The molecule has 0 aliphatic carbocycles. The minimum absolute atomic E-state index is 0.114. The fourth-order valence-electron chi connectivity index (χ4n) is 3.95. The molecule has 1 fully saturated rings. The van der Waals surface area contributed by atoms with Gasteiger partial charge in [0.2, 0.25) is 6.79 Å². The lowest BCUT2D eigenvalue weighted by Crippen LogP contribution is -2.40. The van der Waals surface area contributed by atoms with Crippen LogP contribution in [0.5, 0.6) is 11.5 Å². The number of likely N-dealkylation sites (tertiary alicyclic amines) is 1. The van der Waals surface area contributed by atoms with Crippen molar-refractivity contribution in [3.8, 4) is 11.5 Å². The lowest BCUT2D eigenvalue weighted by molar-refractivity contribution is -0.143. The van der Waals surface area contributed by atoms with Crippen LogP contribution in [0.4, 0.5) is 0 Å². The summed E-state index contributed by atoms with van der Waals surface area (Å²) < 4.78 is 17.9. The first-order valence-electron chi connectivity index (χ1n) is 9.82. The Balaban J connectivity index is 1.53. The van der Waals surface area contributed by atoms with Gasteiger partial charge in [0, 0.05) is 29.2 Å². The summed E-state index contributed by atoms with van der Waals surface area (Å²) in [5.41, 5.74) is 1.77. The summed E-state index contributed by atoms with van der Waals surface area (Å²) >= 11 is 6.26. The monoisotopic (exact) mass is 417 g/mol. The van der Waals surface area contributed by atoms with E-state index in [1.165, 1.54) is 0 Å². The maximum atomic E-state index is 11.3. The molecular formula is C22H24ClNO5. The predicted molar refractivity (Wildman–Crippen MR) is 109 cm³/mol. The number of carboxylic acid groups (broad SMARTS) is 1. The van der Waals surface area contributed by atoms with E-state index in [2.05, 4.69) is 4.90 Å². The first-order chi connectivity index (χ1) is 14.1. The van der Waals surface area contributed by atoms with Crippen LogP contribution in [-0.4, -0.2) is 49.0 Å². The molecule has 2 unspecified atom stereocenters. The lowest BCUT2D eigenvalue weighted by Gasteiger charge is -2.31. The molecule has 2 aliphatic rings. The van der Waals surface area contributed by atoms with Crippen LogP contribution in [-0.2, 0) is 9.53 Å². The molecule has 6 nitrogen and oxygen atoms in total. The van der Waals surface area contributed by atoms with Gasteiger partial charge in [-0.1, -0.05) is 29.8 Å². The lowest BCUT2D eigenvalue weighted by atomic mass is 9.98. The van der Waals surface area contributed by atoms with E-state index >= 15 is 0 Å². The molecule has 7 heteroatoms. The molecule has 1 N–H and O–H groups in total. The van der Waals surface area contributed by atoms with Crippen LogP contribution in [0, 0.1) is 5.92 Å². The first-order valence-corrected chi connectivity index (χ1v) is 10.2. The summed E-state index contributed by atoms with van der Waals surface area (Å²) in [5.74, 6) is 0.375. The van der Waals surface area contributed by atoms with Gasteiger partial charge in [-0.25, -0.2) is 0 Å². The van der Waals surface area contributed by atoms with Gasteiger partial charge in [0.15, 0.2) is 0 Å². The van der Waals surface area contributed by atoms with Crippen molar-refractivity contribution >= 4 is 17.6 Å². The molecule has 0 saturated carbocycles. The summed E-state index contributed by atoms with van der Waals surface area (Å²) in [4.78, 5) is 13.5. The van der Waals surface area contributed by atoms with Gasteiger partial charge in [-0.05, 0) is 43.7 Å². The van der Waals surface area contributed by atoms with Crippen LogP contribution in [0.1, 0.15) is 30.1 Å². The van der Waals surface area contributed by atoms with E-state index in [9.17, 15) is 9.90 Å². The smallest absolute Gasteiger partial charge is 0.307 e. The highest BCUT2D eigenvalue weighted by Gasteiger charge is 2.27. The number of benzene rings is 2. The van der Waals surface area contributed by atoms with E-state index < -0.39 is 5.97 Å². The summed E-state index contributed by atoms with van der Waals surface area (Å²) in [5, 5.41) is 9.90. The van der Waals surface area contributed by atoms with Crippen LogP contribution in [0.15, 0.2) is 42.5 Å². The third-order valence-corrected chi connectivity index (χ3v) is 5.67. The number of carboxylic acids is 1. The summed E-state index contributed by atoms with van der Waals surface area (Å²) in [6, 6.07) is 13.2. The van der Waals surface area contributed by atoms with E-state index in [0.717, 1.165) is 30.5 Å². The van der Waals surface area contributed by atoms with Gasteiger partial charge < -0.3 is 24.2 Å². The Hall–Kier alpha value is -2.28. The number of carbonyl (C=O) groups is 1. The van der Waals surface area contributed by atoms with Gasteiger partial charge >= 0.3 is 5.97 Å². The number of halogens is 1. The van der Waals surface area contributed by atoms with Crippen LogP contribution in [0.25, 0.3) is 0 Å². The average Bonchev–Trinajstić information content (AvgIpc) is 2.72. The summed E-state index contributed by atoms with van der Waals surface area (Å²) in [7, 11) is 0. The Kier molecular flexibility index (Phi) is 6.23. The zero-order valence-corrected chi connectivity index (χ0v) is 16.8. The van der Waals surface area contributed by atoms with Gasteiger partial charge in [0.25, 0.3) is 0 Å². The Morgan fingerprint density at radius 3 is 2.79 bits per heavy atom. The number of hydrogen-bond donors (Lipinski definition) is 1. The predicted octanol–water partition coefficient (Wildman–Crippen LogP) is 3.97. The molecular weight excluding hydrogens is 394 g/mol. The molecule has 2 aliphatic heterocycles. The van der Waals surface area contributed by atoms with Crippen molar-refractivity contribution in [3.05, 3.63) is 58.6 Å². The molecule has 0 amide bonds. The number of para-hydroxylation sites is 1. The Morgan fingerprint density at radius 2 is 1.97 bits per heavy atom. The number of aliphatic carboxylic acids is 1. The van der Waals surface area contributed by atoms with Crippen molar-refractivity contribution in [2.45, 2.75) is 18.9 Å². The highest BCUT2D eigenvalue weighted by atomic mass is 35.5. The fraction of sp³-hybridized carbons (Fsp3) is 0.409. The number of piperidine rings is 1. The summed E-state index contributed by atoms with van der Waals surface area (Å²) in [6.07, 6.45) is 1.24. The van der Waals surface area contributed by atoms with Gasteiger partial charge in [-0.15, -0.1) is 0 Å². The zero-order valence-electron chi connectivity index (χ0n) is 16.1. The van der Waals surface area contributed by atoms with Crippen molar-refractivity contribution < 1.29 is 24.1 Å². The second kappa shape index (κ2) is 9.03. The van der Waals surface area contributed by atoms with Gasteiger partial charge in [0.1, 0.15) is 17.6 Å². The summed E-state index contributed by atoms with van der Waals surface area (Å²) in [6.45, 7) is 2.69. The molecule has 2 atom stereocenters.